The first-order valence-electron chi connectivity index (χ1n) is 10.5. The van der Waals surface area contributed by atoms with Gasteiger partial charge in [0, 0.05) is 63.8 Å². The Morgan fingerprint density at radius 2 is 1.90 bits per heavy atom. The maximum Gasteiger partial charge on any atom is 0.190 e. The molecule has 2 aromatic rings. The lowest BCUT2D eigenvalue weighted by Crippen LogP contribution is -2.47. The molecule has 1 saturated heterocycles. The SMILES string of the molecule is CN=C(NCCCN1CCN(c2cccc(C)c2)CC1)NCCc1csc(C)n1.I. The van der Waals surface area contributed by atoms with Gasteiger partial charge >= 0.3 is 0 Å². The van der Waals surface area contributed by atoms with Gasteiger partial charge in [0.15, 0.2) is 5.96 Å². The number of nitrogens with one attached hydrogen (secondary N) is 2. The number of hydrogen-bond donors (Lipinski definition) is 2. The summed E-state index contributed by atoms with van der Waals surface area (Å²) in [5.74, 6) is 0.876. The average Bonchev–Trinajstić information content (AvgIpc) is 3.15. The molecular formula is C22H35IN6S. The van der Waals surface area contributed by atoms with Gasteiger partial charge in [0.2, 0.25) is 0 Å². The molecule has 0 bridgehead atoms. The zero-order chi connectivity index (χ0) is 20.5. The maximum absolute atomic E-state index is 4.50. The van der Waals surface area contributed by atoms with Crippen LogP contribution in [-0.4, -0.2) is 68.7 Å². The number of hydrogen-bond acceptors (Lipinski definition) is 5. The van der Waals surface area contributed by atoms with E-state index in [1.807, 2.05) is 14.0 Å². The predicted molar refractivity (Wildman–Crippen MR) is 140 cm³/mol. The number of aromatic nitrogens is 1. The van der Waals surface area contributed by atoms with Crippen molar-refractivity contribution in [2.75, 3.05) is 57.8 Å². The van der Waals surface area contributed by atoms with Gasteiger partial charge in [-0.25, -0.2) is 4.98 Å². The summed E-state index contributed by atoms with van der Waals surface area (Å²) in [7, 11) is 1.83. The standard InChI is InChI=1S/C22H34N6S.HI/c1-18-6-4-7-21(16-18)28-14-12-27(13-15-28)11-5-9-24-22(23-3)25-10-8-20-17-29-19(2)26-20;/h4,6-7,16-17H,5,8-15H2,1-3H3,(H2,23,24,25);1H. The van der Waals surface area contributed by atoms with Gasteiger partial charge in [-0.3, -0.25) is 9.89 Å². The minimum atomic E-state index is 0. The monoisotopic (exact) mass is 542 g/mol. The summed E-state index contributed by atoms with van der Waals surface area (Å²) in [6, 6.07) is 8.82. The van der Waals surface area contributed by atoms with Gasteiger partial charge in [0.1, 0.15) is 0 Å². The summed E-state index contributed by atoms with van der Waals surface area (Å²) in [5, 5.41) is 10.1. The molecule has 1 aromatic carbocycles. The molecule has 0 atom stereocenters. The van der Waals surface area contributed by atoms with Crippen molar-refractivity contribution in [2.24, 2.45) is 4.99 Å². The number of anilines is 1. The van der Waals surface area contributed by atoms with E-state index in [0.29, 0.717) is 0 Å². The fraction of sp³-hybridized carbons (Fsp3) is 0.545. The Balaban J connectivity index is 0.00000320. The third-order valence-electron chi connectivity index (χ3n) is 5.25. The van der Waals surface area contributed by atoms with Crippen LogP contribution in [0.4, 0.5) is 5.69 Å². The van der Waals surface area contributed by atoms with Crippen LogP contribution in [0.25, 0.3) is 0 Å². The number of thiazole rings is 1. The van der Waals surface area contributed by atoms with Crippen molar-refractivity contribution in [3.63, 3.8) is 0 Å². The summed E-state index contributed by atoms with van der Waals surface area (Å²) in [6.45, 7) is 11.6. The first-order chi connectivity index (χ1) is 14.1. The molecule has 0 spiro atoms. The van der Waals surface area contributed by atoms with Crippen LogP contribution in [0.5, 0.6) is 0 Å². The Morgan fingerprint density at radius 3 is 2.57 bits per heavy atom. The lowest BCUT2D eigenvalue weighted by atomic mass is 10.2. The molecular weight excluding hydrogens is 507 g/mol. The number of benzene rings is 1. The normalized spacial score (nSPS) is 15.0. The fourth-order valence-corrected chi connectivity index (χ4v) is 4.26. The molecule has 166 valence electrons. The van der Waals surface area contributed by atoms with Crippen LogP contribution >= 0.6 is 35.3 Å². The van der Waals surface area contributed by atoms with E-state index >= 15 is 0 Å². The van der Waals surface area contributed by atoms with E-state index in [9.17, 15) is 0 Å². The van der Waals surface area contributed by atoms with Gasteiger partial charge in [0.25, 0.3) is 0 Å². The van der Waals surface area contributed by atoms with Crippen molar-refractivity contribution < 1.29 is 0 Å². The minimum absolute atomic E-state index is 0. The number of piperazine rings is 1. The van der Waals surface area contributed by atoms with Crippen molar-refractivity contribution in [3.05, 3.63) is 45.9 Å². The molecule has 3 rings (SSSR count). The number of aliphatic imine (C=N–C) groups is 1. The van der Waals surface area contributed by atoms with Gasteiger partial charge < -0.3 is 15.5 Å². The van der Waals surface area contributed by atoms with Crippen LogP contribution < -0.4 is 15.5 Å². The number of halogens is 1. The second kappa shape index (κ2) is 13.1. The van der Waals surface area contributed by atoms with Crippen LogP contribution in [-0.2, 0) is 6.42 Å². The number of nitrogens with zero attached hydrogens (tertiary/aromatic N) is 4. The van der Waals surface area contributed by atoms with Gasteiger partial charge in [-0.1, -0.05) is 12.1 Å². The molecule has 0 radical (unpaired) electrons. The van der Waals surface area contributed by atoms with Crippen LogP contribution in [0.1, 0.15) is 22.7 Å². The molecule has 1 aliphatic rings. The predicted octanol–water partition coefficient (Wildman–Crippen LogP) is 3.30. The molecule has 0 amide bonds. The summed E-state index contributed by atoms with van der Waals surface area (Å²) in [5.41, 5.74) is 3.84. The summed E-state index contributed by atoms with van der Waals surface area (Å²) in [6.07, 6.45) is 2.05. The molecule has 1 fully saturated rings. The van der Waals surface area contributed by atoms with E-state index in [-0.39, 0.29) is 24.0 Å². The first-order valence-corrected chi connectivity index (χ1v) is 11.4. The number of rotatable bonds is 8. The van der Waals surface area contributed by atoms with Crippen LogP contribution in [0.2, 0.25) is 0 Å². The van der Waals surface area contributed by atoms with Crippen LogP contribution in [0.3, 0.4) is 0 Å². The second-order valence-electron chi connectivity index (χ2n) is 7.55. The zero-order valence-corrected chi connectivity index (χ0v) is 21.5. The van der Waals surface area contributed by atoms with Gasteiger partial charge in [0.05, 0.1) is 10.7 Å². The molecule has 8 heteroatoms. The summed E-state index contributed by atoms with van der Waals surface area (Å²) < 4.78 is 0. The highest BCUT2D eigenvalue weighted by Gasteiger charge is 2.16. The first kappa shape index (κ1) is 24.9. The molecule has 30 heavy (non-hydrogen) atoms. The highest BCUT2D eigenvalue weighted by atomic mass is 127. The largest absolute Gasteiger partial charge is 0.369 e. The molecule has 0 aliphatic carbocycles. The fourth-order valence-electron chi connectivity index (χ4n) is 3.62. The summed E-state index contributed by atoms with van der Waals surface area (Å²) >= 11 is 1.71. The van der Waals surface area contributed by atoms with Crippen molar-refractivity contribution >= 4 is 47.0 Å². The van der Waals surface area contributed by atoms with E-state index < -0.39 is 0 Å². The minimum Gasteiger partial charge on any atom is -0.369 e. The van der Waals surface area contributed by atoms with Gasteiger partial charge in [-0.05, 0) is 44.5 Å². The quantitative estimate of drug-likeness (QED) is 0.232. The number of aryl methyl sites for hydroxylation is 2. The van der Waals surface area contributed by atoms with E-state index in [1.54, 1.807) is 11.3 Å². The molecule has 0 unspecified atom stereocenters. The lowest BCUT2D eigenvalue weighted by Gasteiger charge is -2.36. The second-order valence-corrected chi connectivity index (χ2v) is 8.62. The molecule has 1 aliphatic heterocycles. The topological polar surface area (TPSA) is 55.8 Å². The van der Waals surface area contributed by atoms with Crippen molar-refractivity contribution in [1.82, 2.24) is 20.5 Å². The highest BCUT2D eigenvalue weighted by Crippen LogP contribution is 2.17. The average molecular weight is 543 g/mol. The lowest BCUT2D eigenvalue weighted by molar-refractivity contribution is 0.255. The third-order valence-corrected chi connectivity index (χ3v) is 6.07. The van der Waals surface area contributed by atoms with Crippen LogP contribution in [0.15, 0.2) is 34.6 Å². The molecule has 6 nitrogen and oxygen atoms in total. The molecule has 1 aromatic heterocycles. The molecule has 2 heterocycles. The Labute approximate surface area is 202 Å². The van der Waals surface area contributed by atoms with E-state index in [4.69, 9.17) is 0 Å². The Morgan fingerprint density at radius 1 is 1.13 bits per heavy atom. The van der Waals surface area contributed by atoms with Gasteiger partial charge in [-0.2, -0.15) is 0 Å². The van der Waals surface area contributed by atoms with Crippen molar-refractivity contribution in [1.29, 1.82) is 0 Å². The van der Waals surface area contributed by atoms with Crippen molar-refractivity contribution in [3.8, 4) is 0 Å². The number of guanidine groups is 1. The molecule has 2 N–H and O–H groups in total. The third kappa shape index (κ3) is 8.03. The van der Waals surface area contributed by atoms with Crippen LogP contribution in [0, 0.1) is 13.8 Å². The van der Waals surface area contributed by atoms with Gasteiger partial charge in [-0.15, -0.1) is 35.3 Å². The Kier molecular flexibility index (Phi) is 10.9. The smallest absolute Gasteiger partial charge is 0.190 e. The van der Waals surface area contributed by atoms with Crippen molar-refractivity contribution in [2.45, 2.75) is 26.7 Å². The van der Waals surface area contributed by atoms with E-state index in [2.05, 4.69) is 67.0 Å². The zero-order valence-electron chi connectivity index (χ0n) is 18.4. The van der Waals surface area contributed by atoms with E-state index in [0.717, 1.165) is 75.3 Å². The van der Waals surface area contributed by atoms with E-state index in [1.165, 1.54) is 11.3 Å². The Bertz CT molecular complexity index is 785. The maximum atomic E-state index is 4.50. The summed E-state index contributed by atoms with van der Waals surface area (Å²) in [4.78, 5) is 13.9. The Hall–Kier alpha value is -1.39. The highest BCUT2D eigenvalue weighted by molar-refractivity contribution is 14.0. The molecule has 0 saturated carbocycles.